The number of carbonyl (C=O) groups is 2. The predicted octanol–water partition coefficient (Wildman–Crippen LogP) is 6.03. The Hall–Kier alpha value is -3.63. The summed E-state index contributed by atoms with van der Waals surface area (Å²) in [5.74, 6) is -3.48. The maximum atomic E-state index is 12.6. The van der Waals surface area contributed by atoms with E-state index in [1.54, 1.807) is 36.4 Å². The summed E-state index contributed by atoms with van der Waals surface area (Å²) < 4.78 is 84.0. The molecule has 0 bridgehead atoms. The number of benzene rings is 2. The van der Waals surface area contributed by atoms with Crippen LogP contribution in [-0.2, 0) is 15.7 Å². The van der Waals surface area contributed by atoms with Gasteiger partial charge in [0.25, 0.3) is 6.10 Å². The quantitative estimate of drug-likeness (QED) is 0.263. The molecule has 5 nitrogen and oxygen atoms in total. The van der Waals surface area contributed by atoms with Crippen LogP contribution in [0.2, 0.25) is 0 Å². The molecule has 0 amide bonds. The molecule has 2 aromatic carbocycles. The Bertz CT molecular complexity index is 1080. The first kappa shape index (κ1) is 25.6. The van der Waals surface area contributed by atoms with Gasteiger partial charge in [-0.15, -0.1) is 0 Å². The number of esters is 1. The standard InChI is InChI=1S/C11H8F3NO.C11H9F3O3/c1-7-15-9(8-5-3-2-4-6-8)10(16-7)11(12,13)14;1-7(15)17-10(11(12,13)14)9(16)8-5-3-2-4-6-8/h2-6H,1H3;2-6,10H,1H3. The lowest BCUT2D eigenvalue weighted by atomic mass is 10.1. The topological polar surface area (TPSA) is 69.4 Å². The number of ether oxygens (including phenoxy) is 1. The maximum absolute atomic E-state index is 12.6. The molecule has 0 saturated heterocycles. The number of nitrogens with zero attached hydrogens (tertiary/aromatic N) is 1. The number of ketones is 1. The molecule has 1 heterocycles. The number of hydrogen-bond donors (Lipinski definition) is 0. The van der Waals surface area contributed by atoms with Crippen molar-refractivity contribution in [2.45, 2.75) is 32.3 Å². The van der Waals surface area contributed by atoms with Crippen LogP contribution in [0.1, 0.15) is 28.9 Å². The lowest BCUT2D eigenvalue weighted by molar-refractivity contribution is -0.205. The third-order valence-electron chi connectivity index (χ3n) is 3.92. The second-order valence-corrected chi connectivity index (χ2v) is 6.54. The van der Waals surface area contributed by atoms with E-state index >= 15 is 0 Å². The van der Waals surface area contributed by atoms with Gasteiger partial charge in [0.2, 0.25) is 11.5 Å². The highest BCUT2D eigenvalue weighted by Crippen LogP contribution is 2.37. The Morgan fingerprint density at radius 2 is 1.42 bits per heavy atom. The normalized spacial score (nSPS) is 12.4. The van der Waals surface area contributed by atoms with Gasteiger partial charge in [0.05, 0.1) is 0 Å². The molecular formula is C22H17F6NO4. The number of aromatic nitrogens is 1. The van der Waals surface area contributed by atoms with E-state index in [1.165, 1.54) is 31.2 Å². The number of carbonyl (C=O) groups excluding carboxylic acids is 2. The smallest absolute Gasteiger partial charge is 0.444 e. The fourth-order valence-corrected chi connectivity index (χ4v) is 2.60. The molecule has 0 saturated carbocycles. The van der Waals surface area contributed by atoms with Crippen LogP contribution in [0.15, 0.2) is 65.1 Å². The van der Waals surface area contributed by atoms with Gasteiger partial charge in [0, 0.05) is 25.0 Å². The van der Waals surface area contributed by atoms with Crippen molar-refractivity contribution in [1.82, 2.24) is 4.98 Å². The maximum Gasteiger partial charge on any atom is 0.451 e. The zero-order chi connectivity index (χ0) is 24.8. The summed E-state index contributed by atoms with van der Waals surface area (Å²) in [7, 11) is 0. The number of rotatable bonds is 4. The molecule has 1 atom stereocenters. The van der Waals surface area contributed by atoms with Crippen molar-refractivity contribution >= 4 is 11.8 Å². The van der Waals surface area contributed by atoms with Gasteiger partial charge in [-0.3, -0.25) is 9.59 Å². The molecule has 1 aromatic heterocycles. The number of halogens is 6. The average Bonchev–Trinajstić information content (AvgIpc) is 3.15. The Balaban J connectivity index is 0.000000234. The van der Waals surface area contributed by atoms with E-state index in [9.17, 15) is 35.9 Å². The van der Waals surface area contributed by atoms with E-state index in [4.69, 9.17) is 0 Å². The molecule has 3 rings (SSSR count). The first-order valence-corrected chi connectivity index (χ1v) is 9.24. The molecule has 0 radical (unpaired) electrons. The van der Waals surface area contributed by atoms with Crippen molar-refractivity contribution in [3.8, 4) is 11.3 Å². The Morgan fingerprint density at radius 3 is 1.88 bits per heavy atom. The zero-order valence-corrected chi connectivity index (χ0v) is 17.2. The van der Waals surface area contributed by atoms with Gasteiger partial charge in [-0.2, -0.15) is 26.3 Å². The van der Waals surface area contributed by atoms with Crippen LogP contribution in [-0.4, -0.2) is 29.0 Å². The number of aryl methyl sites for hydroxylation is 1. The van der Waals surface area contributed by atoms with Gasteiger partial charge in [-0.05, 0) is 0 Å². The van der Waals surface area contributed by atoms with Crippen LogP contribution >= 0.6 is 0 Å². The van der Waals surface area contributed by atoms with Crippen LogP contribution in [0.4, 0.5) is 26.3 Å². The first-order chi connectivity index (χ1) is 15.3. The lowest BCUT2D eigenvalue weighted by Crippen LogP contribution is -2.40. The van der Waals surface area contributed by atoms with Crippen molar-refractivity contribution < 1.29 is 45.1 Å². The molecule has 176 valence electrons. The van der Waals surface area contributed by atoms with Crippen molar-refractivity contribution in [1.29, 1.82) is 0 Å². The molecule has 0 aliphatic carbocycles. The monoisotopic (exact) mass is 473 g/mol. The first-order valence-electron chi connectivity index (χ1n) is 9.24. The number of hydrogen-bond acceptors (Lipinski definition) is 5. The summed E-state index contributed by atoms with van der Waals surface area (Å²) in [6, 6.07) is 15.0. The summed E-state index contributed by atoms with van der Waals surface area (Å²) in [4.78, 5) is 25.9. The van der Waals surface area contributed by atoms with Crippen LogP contribution < -0.4 is 0 Å². The molecule has 0 aliphatic heterocycles. The molecule has 0 spiro atoms. The summed E-state index contributed by atoms with van der Waals surface area (Å²) in [6.07, 6.45) is -12.2. The van der Waals surface area contributed by atoms with Gasteiger partial charge in [-0.25, -0.2) is 4.98 Å². The van der Waals surface area contributed by atoms with Crippen molar-refractivity contribution in [2.24, 2.45) is 0 Å². The molecule has 1 unspecified atom stereocenters. The third-order valence-corrected chi connectivity index (χ3v) is 3.92. The number of Topliss-reactive ketones (excluding diaryl/α,β-unsaturated/α-hetero) is 1. The number of alkyl halides is 6. The van der Waals surface area contributed by atoms with Gasteiger partial charge in [0.15, 0.2) is 5.89 Å². The minimum Gasteiger partial charge on any atom is -0.444 e. The van der Waals surface area contributed by atoms with Crippen LogP contribution in [0.3, 0.4) is 0 Å². The summed E-state index contributed by atoms with van der Waals surface area (Å²) in [5, 5.41) is 0. The summed E-state index contributed by atoms with van der Waals surface area (Å²) in [6.45, 7) is 2.21. The molecule has 33 heavy (non-hydrogen) atoms. The molecule has 0 aliphatic rings. The average molecular weight is 473 g/mol. The summed E-state index contributed by atoms with van der Waals surface area (Å²) >= 11 is 0. The minimum absolute atomic E-state index is 0.00572. The Labute approximate surface area is 184 Å². The van der Waals surface area contributed by atoms with Crippen LogP contribution in [0, 0.1) is 6.92 Å². The van der Waals surface area contributed by atoms with Crippen molar-refractivity contribution in [3.63, 3.8) is 0 Å². The highest BCUT2D eigenvalue weighted by molar-refractivity contribution is 6.00. The minimum atomic E-state index is -4.92. The summed E-state index contributed by atoms with van der Waals surface area (Å²) in [5.41, 5.74) is 0.0772. The SMILES string of the molecule is CC(=O)OC(C(=O)c1ccccc1)C(F)(F)F.Cc1nc(-c2ccccc2)c(C(F)(F)F)o1. The van der Waals surface area contributed by atoms with Crippen LogP contribution in [0.25, 0.3) is 11.3 Å². The Kier molecular flexibility index (Phi) is 8.02. The van der Waals surface area contributed by atoms with Gasteiger partial charge >= 0.3 is 18.3 Å². The molecule has 0 N–H and O–H groups in total. The second-order valence-electron chi connectivity index (χ2n) is 6.54. The third kappa shape index (κ3) is 7.19. The molecule has 11 heteroatoms. The van der Waals surface area contributed by atoms with Gasteiger partial charge in [0.1, 0.15) is 5.69 Å². The van der Waals surface area contributed by atoms with Crippen LogP contribution in [0.5, 0.6) is 0 Å². The number of oxazole rings is 1. The van der Waals surface area contributed by atoms with E-state index in [0.29, 0.717) is 5.56 Å². The van der Waals surface area contributed by atoms with E-state index in [2.05, 4.69) is 14.1 Å². The van der Waals surface area contributed by atoms with E-state index in [-0.39, 0.29) is 17.1 Å². The van der Waals surface area contributed by atoms with Crippen molar-refractivity contribution in [3.05, 3.63) is 77.9 Å². The van der Waals surface area contributed by atoms with Gasteiger partial charge in [-0.1, -0.05) is 60.7 Å². The predicted molar refractivity (Wildman–Crippen MR) is 104 cm³/mol. The van der Waals surface area contributed by atoms with E-state index in [0.717, 1.165) is 6.92 Å². The highest BCUT2D eigenvalue weighted by Gasteiger charge is 2.48. The zero-order valence-electron chi connectivity index (χ0n) is 17.2. The van der Waals surface area contributed by atoms with E-state index < -0.39 is 36.0 Å². The second kappa shape index (κ2) is 10.3. The highest BCUT2D eigenvalue weighted by atomic mass is 19.4. The fourth-order valence-electron chi connectivity index (χ4n) is 2.60. The lowest BCUT2D eigenvalue weighted by Gasteiger charge is -2.18. The largest absolute Gasteiger partial charge is 0.451 e. The Morgan fingerprint density at radius 1 is 0.909 bits per heavy atom. The van der Waals surface area contributed by atoms with Crippen molar-refractivity contribution in [2.75, 3.05) is 0 Å². The van der Waals surface area contributed by atoms with Gasteiger partial charge < -0.3 is 9.15 Å². The van der Waals surface area contributed by atoms with E-state index in [1.807, 2.05) is 0 Å². The molecular weight excluding hydrogens is 456 g/mol. The molecule has 3 aromatic rings. The molecule has 0 fully saturated rings. The fraction of sp³-hybridized carbons (Fsp3) is 0.227.